The molecular formula is C11H22N4. The van der Waals surface area contributed by atoms with Crippen molar-refractivity contribution in [3.05, 3.63) is 18.0 Å². The predicted octanol–water partition coefficient (Wildman–Crippen LogP) is 0.632. The van der Waals surface area contributed by atoms with Gasteiger partial charge in [0.1, 0.15) is 0 Å². The number of nitrogens with zero attached hydrogens (tertiary/aromatic N) is 3. The second-order valence-corrected chi connectivity index (χ2v) is 4.18. The minimum absolute atomic E-state index is 0.562. The summed E-state index contributed by atoms with van der Waals surface area (Å²) in [4.78, 5) is 2.35. The Hall–Kier alpha value is -0.870. The summed E-state index contributed by atoms with van der Waals surface area (Å²) in [7, 11) is 4.10. The first kappa shape index (κ1) is 12.2. The van der Waals surface area contributed by atoms with Crippen molar-refractivity contribution in [3.63, 3.8) is 0 Å². The summed E-state index contributed by atoms with van der Waals surface area (Å²) < 4.78 is 1.85. The second kappa shape index (κ2) is 5.88. The van der Waals surface area contributed by atoms with Crippen LogP contribution in [0.3, 0.4) is 0 Å². The molecule has 4 heteroatoms. The smallest absolute Gasteiger partial charge is 0.0522 e. The quantitative estimate of drug-likeness (QED) is 0.749. The van der Waals surface area contributed by atoms with Crippen molar-refractivity contribution in [3.8, 4) is 0 Å². The van der Waals surface area contributed by atoms with Gasteiger partial charge in [0, 0.05) is 25.8 Å². The number of nitrogens with two attached hydrogens (primary N) is 1. The molecule has 1 aromatic rings. The topological polar surface area (TPSA) is 47.1 Å². The third-order valence-corrected chi connectivity index (χ3v) is 2.85. The summed E-state index contributed by atoms with van der Waals surface area (Å²) in [6.07, 6.45) is 6.12. The molecular weight excluding hydrogens is 188 g/mol. The normalized spacial score (nSPS) is 13.4. The van der Waals surface area contributed by atoms with Crippen molar-refractivity contribution in [1.82, 2.24) is 14.7 Å². The molecule has 86 valence electrons. The van der Waals surface area contributed by atoms with Crippen LogP contribution in [0.5, 0.6) is 0 Å². The molecule has 0 radical (unpaired) electrons. The molecule has 0 aliphatic carbocycles. The van der Waals surface area contributed by atoms with Crippen LogP contribution in [-0.4, -0.2) is 40.9 Å². The highest BCUT2D eigenvalue weighted by Gasteiger charge is 2.08. The molecule has 0 fully saturated rings. The molecule has 1 atom stereocenters. The second-order valence-electron chi connectivity index (χ2n) is 4.18. The van der Waals surface area contributed by atoms with Gasteiger partial charge in [-0.3, -0.25) is 4.68 Å². The van der Waals surface area contributed by atoms with Gasteiger partial charge in [0.15, 0.2) is 0 Å². The van der Waals surface area contributed by atoms with Crippen LogP contribution in [0.1, 0.15) is 18.9 Å². The first-order valence-corrected chi connectivity index (χ1v) is 5.51. The van der Waals surface area contributed by atoms with Crippen molar-refractivity contribution in [2.75, 3.05) is 20.1 Å². The molecule has 0 saturated carbocycles. The molecule has 15 heavy (non-hydrogen) atoms. The van der Waals surface area contributed by atoms with E-state index >= 15 is 0 Å². The van der Waals surface area contributed by atoms with Gasteiger partial charge in [-0.1, -0.05) is 0 Å². The average molecular weight is 210 g/mol. The van der Waals surface area contributed by atoms with Gasteiger partial charge in [0.05, 0.1) is 6.20 Å². The van der Waals surface area contributed by atoms with Gasteiger partial charge in [-0.05, 0) is 38.9 Å². The van der Waals surface area contributed by atoms with E-state index in [1.807, 2.05) is 17.9 Å². The maximum Gasteiger partial charge on any atom is 0.0522 e. The van der Waals surface area contributed by atoms with E-state index in [9.17, 15) is 0 Å². The molecule has 0 aliphatic heterocycles. The highest BCUT2D eigenvalue weighted by atomic mass is 15.2. The van der Waals surface area contributed by atoms with Gasteiger partial charge < -0.3 is 10.6 Å². The lowest BCUT2D eigenvalue weighted by Gasteiger charge is -2.23. The standard InChI is InChI=1S/C11H22N4/c1-10(4-6-12)14(2)7-5-11-8-13-15(3)9-11/h8-10H,4-7,12H2,1-3H3. The van der Waals surface area contributed by atoms with Crippen molar-refractivity contribution in [2.45, 2.75) is 25.8 Å². The molecule has 1 unspecified atom stereocenters. The predicted molar refractivity (Wildman–Crippen MR) is 62.7 cm³/mol. The third-order valence-electron chi connectivity index (χ3n) is 2.85. The first-order valence-electron chi connectivity index (χ1n) is 5.51. The molecule has 0 spiro atoms. The molecule has 2 N–H and O–H groups in total. The summed E-state index contributed by atoms with van der Waals surface area (Å²) >= 11 is 0. The summed E-state index contributed by atoms with van der Waals surface area (Å²) in [5.74, 6) is 0. The number of hydrogen-bond donors (Lipinski definition) is 1. The highest BCUT2D eigenvalue weighted by Crippen LogP contribution is 2.03. The number of rotatable bonds is 6. The number of likely N-dealkylation sites (N-methyl/N-ethyl adjacent to an activating group) is 1. The van der Waals surface area contributed by atoms with Crippen LogP contribution in [0.15, 0.2) is 12.4 Å². The van der Waals surface area contributed by atoms with E-state index in [2.05, 4.69) is 30.2 Å². The zero-order chi connectivity index (χ0) is 11.3. The highest BCUT2D eigenvalue weighted by molar-refractivity contribution is 5.03. The molecule has 1 heterocycles. The summed E-state index contributed by atoms with van der Waals surface area (Å²) in [5.41, 5.74) is 6.83. The van der Waals surface area contributed by atoms with Crippen LogP contribution in [0.25, 0.3) is 0 Å². The lowest BCUT2D eigenvalue weighted by Crippen LogP contribution is -2.32. The van der Waals surface area contributed by atoms with E-state index in [1.54, 1.807) is 0 Å². The summed E-state index contributed by atoms with van der Waals surface area (Å²) in [5, 5.41) is 4.15. The Morgan fingerprint density at radius 1 is 1.60 bits per heavy atom. The lowest BCUT2D eigenvalue weighted by molar-refractivity contribution is 0.251. The lowest BCUT2D eigenvalue weighted by atomic mass is 10.2. The zero-order valence-electron chi connectivity index (χ0n) is 9.98. The van der Waals surface area contributed by atoms with Gasteiger partial charge in [0.25, 0.3) is 0 Å². The Morgan fingerprint density at radius 2 is 2.33 bits per heavy atom. The Bertz CT molecular complexity index is 282. The minimum Gasteiger partial charge on any atom is -0.330 e. The van der Waals surface area contributed by atoms with Gasteiger partial charge in [-0.2, -0.15) is 5.10 Å². The van der Waals surface area contributed by atoms with E-state index in [0.29, 0.717) is 6.04 Å². The Labute approximate surface area is 92.1 Å². The molecule has 1 aromatic heterocycles. The molecule has 4 nitrogen and oxygen atoms in total. The van der Waals surface area contributed by atoms with Crippen molar-refractivity contribution >= 4 is 0 Å². The Kier molecular flexibility index (Phi) is 4.78. The van der Waals surface area contributed by atoms with E-state index in [4.69, 9.17) is 5.73 Å². The van der Waals surface area contributed by atoms with Crippen LogP contribution < -0.4 is 5.73 Å². The van der Waals surface area contributed by atoms with Crippen molar-refractivity contribution in [1.29, 1.82) is 0 Å². The monoisotopic (exact) mass is 210 g/mol. The van der Waals surface area contributed by atoms with Crippen molar-refractivity contribution in [2.24, 2.45) is 12.8 Å². The average Bonchev–Trinajstić information content (AvgIpc) is 2.61. The third kappa shape index (κ3) is 4.01. The zero-order valence-corrected chi connectivity index (χ0v) is 9.98. The Balaban J connectivity index is 2.30. The van der Waals surface area contributed by atoms with E-state index in [1.165, 1.54) is 5.56 Å². The number of aromatic nitrogens is 2. The minimum atomic E-state index is 0.562. The van der Waals surface area contributed by atoms with Crippen LogP contribution in [-0.2, 0) is 13.5 Å². The maximum atomic E-state index is 5.54. The largest absolute Gasteiger partial charge is 0.330 e. The molecule has 1 rings (SSSR count). The summed E-state index contributed by atoms with van der Waals surface area (Å²) in [6.45, 7) is 4.04. The maximum absolute atomic E-state index is 5.54. The van der Waals surface area contributed by atoms with Gasteiger partial charge in [-0.25, -0.2) is 0 Å². The van der Waals surface area contributed by atoms with Crippen molar-refractivity contribution < 1.29 is 0 Å². The Morgan fingerprint density at radius 3 is 2.87 bits per heavy atom. The molecule has 0 aromatic carbocycles. The molecule has 0 aliphatic rings. The molecule has 0 saturated heterocycles. The van der Waals surface area contributed by atoms with Gasteiger partial charge >= 0.3 is 0 Å². The number of aryl methyl sites for hydroxylation is 1. The molecule has 0 amide bonds. The number of hydrogen-bond acceptors (Lipinski definition) is 3. The van der Waals surface area contributed by atoms with Crippen LogP contribution in [0, 0.1) is 0 Å². The van der Waals surface area contributed by atoms with E-state index < -0.39 is 0 Å². The molecule has 0 bridgehead atoms. The van der Waals surface area contributed by atoms with Gasteiger partial charge in [0.2, 0.25) is 0 Å². The van der Waals surface area contributed by atoms with Crippen LogP contribution >= 0.6 is 0 Å². The summed E-state index contributed by atoms with van der Waals surface area (Å²) in [6, 6.07) is 0.562. The fraction of sp³-hybridized carbons (Fsp3) is 0.727. The fourth-order valence-corrected chi connectivity index (χ4v) is 1.59. The van der Waals surface area contributed by atoms with Crippen LogP contribution in [0.2, 0.25) is 0 Å². The van der Waals surface area contributed by atoms with Crippen LogP contribution in [0.4, 0.5) is 0 Å². The van der Waals surface area contributed by atoms with E-state index in [0.717, 1.165) is 25.9 Å². The first-order chi connectivity index (χ1) is 7.13. The fourth-order valence-electron chi connectivity index (χ4n) is 1.59. The van der Waals surface area contributed by atoms with Gasteiger partial charge in [-0.15, -0.1) is 0 Å². The van der Waals surface area contributed by atoms with E-state index in [-0.39, 0.29) is 0 Å². The SMILES string of the molecule is CC(CCN)N(C)CCc1cnn(C)c1.